The number of thiophene rings is 1. The second kappa shape index (κ2) is 6.03. The van der Waals surface area contributed by atoms with E-state index in [1.165, 1.54) is 11.3 Å². The molecule has 0 unspecified atom stereocenters. The Labute approximate surface area is 126 Å². The van der Waals surface area contributed by atoms with Crippen LogP contribution in [0.15, 0.2) is 22.9 Å². The molecule has 0 spiro atoms. The molecule has 2 aromatic heterocycles. The van der Waals surface area contributed by atoms with Gasteiger partial charge in [0.2, 0.25) is 0 Å². The third kappa shape index (κ3) is 3.08. The second-order valence-corrected chi connectivity index (χ2v) is 6.87. The Morgan fingerprint density at radius 2 is 2.20 bits per heavy atom. The van der Waals surface area contributed by atoms with Crippen molar-refractivity contribution in [2.45, 2.75) is 18.9 Å². The first-order valence-electron chi connectivity index (χ1n) is 6.71. The monoisotopic (exact) mass is 307 g/mol. The molecule has 0 radical (unpaired) electrons. The number of amides is 1. The molecule has 1 amide bonds. The van der Waals surface area contributed by atoms with Crippen molar-refractivity contribution < 1.29 is 4.79 Å². The van der Waals surface area contributed by atoms with Gasteiger partial charge < -0.3 is 10.2 Å². The van der Waals surface area contributed by atoms with Gasteiger partial charge in [0.1, 0.15) is 10.7 Å². The summed E-state index contributed by atoms with van der Waals surface area (Å²) >= 11 is 3.18. The number of aromatic nitrogens is 1. The van der Waals surface area contributed by atoms with Gasteiger partial charge >= 0.3 is 0 Å². The molecule has 0 atom stereocenters. The lowest BCUT2D eigenvalue weighted by atomic mass is 10.1. The van der Waals surface area contributed by atoms with E-state index in [4.69, 9.17) is 0 Å². The lowest BCUT2D eigenvalue weighted by Crippen LogP contribution is -2.43. The predicted octanol–water partition coefficient (Wildman–Crippen LogP) is 2.70. The quantitative estimate of drug-likeness (QED) is 0.948. The van der Waals surface area contributed by atoms with E-state index in [9.17, 15) is 4.79 Å². The smallest absolute Gasteiger partial charge is 0.270 e. The average molecular weight is 307 g/mol. The van der Waals surface area contributed by atoms with E-state index >= 15 is 0 Å². The lowest BCUT2D eigenvalue weighted by Gasteiger charge is -2.29. The van der Waals surface area contributed by atoms with Crippen molar-refractivity contribution in [1.29, 1.82) is 0 Å². The zero-order valence-electron chi connectivity index (χ0n) is 11.3. The molecule has 0 aromatic carbocycles. The Kier molecular flexibility index (Phi) is 4.14. The summed E-state index contributed by atoms with van der Waals surface area (Å²) in [5.41, 5.74) is 0.539. The molecule has 1 saturated heterocycles. The van der Waals surface area contributed by atoms with Crippen molar-refractivity contribution in [3.63, 3.8) is 0 Å². The fourth-order valence-electron chi connectivity index (χ4n) is 2.30. The molecule has 1 fully saturated rings. The van der Waals surface area contributed by atoms with Crippen LogP contribution in [-0.4, -0.2) is 42.0 Å². The highest BCUT2D eigenvalue weighted by Gasteiger charge is 2.20. The zero-order chi connectivity index (χ0) is 13.9. The number of hydrogen-bond acceptors (Lipinski definition) is 5. The Bertz CT molecular complexity index is 571. The maximum absolute atomic E-state index is 12.2. The fourth-order valence-corrected chi connectivity index (χ4v) is 3.92. The number of likely N-dealkylation sites (tertiary alicyclic amines) is 1. The normalized spacial score (nSPS) is 17.2. The molecule has 2 aromatic rings. The van der Waals surface area contributed by atoms with Gasteiger partial charge in [-0.05, 0) is 44.4 Å². The fraction of sp³-hybridized carbons (Fsp3) is 0.429. The zero-order valence-corrected chi connectivity index (χ0v) is 13.0. The maximum atomic E-state index is 12.2. The number of piperidine rings is 1. The summed E-state index contributed by atoms with van der Waals surface area (Å²) in [7, 11) is 2.12. The van der Waals surface area contributed by atoms with Crippen LogP contribution in [0.2, 0.25) is 0 Å². The van der Waals surface area contributed by atoms with Gasteiger partial charge in [0.25, 0.3) is 5.91 Å². The van der Waals surface area contributed by atoms with Gasteiger partial charge in [-0.3, -0.25) is 4.79 Å². The van der Waals surface area contributed by atoms with Crippen LogP contribution in [0.3, 0.4) is 0 Å². The topological polar surface area (TPSA) is 45.2 Å². The van der Waals surface area contributed by atoms with E-state index in [1.54, 1.807) is 11.3 Å². The van der Waals surface area contributed by atoms with Crippen LogP contribution in [0.1, 0.15) is 23.3 Å². The number of rotatable bonds is 3. The highest BCUT2D eigenvalue weighted by atomic mass is 32.1. The standard InChI is InChI=1S/C14H17N3OS2/c1-17-6-4-10(5-7-17)15-13(18)11-9-20-14(16-11)12-3-2-8-19-12/h2-3,8-10H,4-7H2,1H3,(H,15,18). The SMILES string of the molecule is CN1CCC(NC(=O)c2csc(-c3cccs3)n2)CC1. The highest BCUT2D eigenvalue weighted by molar-refractivity contribution is 7.20. The van der Waals surface area contributed by atoms with Gasteiger partial charge in [-0.15, -0.1) is 22.7 Å². The van der Waals surface area contributed by atoms with E-state index < -0.39 is 0 Å². The predicted molar refractivity (Wildman–Crippen MR) is 83.4 cm³/mol. The molecular weight excluding hydrogens is 290 g/mol. The minimum absolute atomic E-state index is 0.0430. The molecule has 106 valence electrons. The van der Waals surface area contributed by atoms with Crippen molar-refractivity contribution in [3.8, 4) is 9.88 Å². The van der Waals surface area contributed by atoms with Gasteiger partial charge in [-0.2, -0.15) is 0 Å². The molecule has 0 aliphatic carbocycles. The molecule has 4 nitrogen and oxygen atoms in total. The summed E-state index contributed by atoms with van der Waals surface area (Å²) in [4.78, 5) is 20.1. The van der Waals surface area contributed by atoms with Crippen molar-refractivity contribution in [3.05, 3.63) is 28.6 Å². The van der Waals surface area contributed by atoms with Crippen LogP contribution < -0.4 is 5.32 Å². The van der Waals surface area contributed by atoms with E-state index in [0.29, 0.717) is 5.69 Å². The third-order valence-electron chi connectivity index (χ3n) is 3.52. The second-order valence-electron chi connectivity index (χ2n) is 5.07. The van der Waals surface area contributed by atoms with Crippen molar-refractivity contribution in [1.82, 2.24) is 15.2 Å². The van der Waals surface area contributed by atoms with Gasteiger partial charge in [0.05, 0.1) is 4.88 Å². The summed E-state index contributed by atoms with van der Waals surface area (Å²) < 4.78 is 0. The van der Waals surface area contributed by atoms with E-state index in [2.05, 4.69) is 22.2 Å². The number of carbonyl (C=O) groups is 1. The van der Waals surface area contributed by atoms with Crippen molar-refractivity contribution in [2.75, 3.05) is 20.1 Å². The van der Waals surface area contributed by atoms with Crippen LogP contribution in [0, 0.1) is 0 Å². The van der Waals surface area contributed by atoms with Gasteiger partial charge in [-0.1, -0.05) is 6.07 Å². The lowest BCUT2D eigenvalue weighted by molar-refractivity contribution is 0.0912. The number of nitrogens with zero attached hydrogens (tertiary/aromatic N) is 2. The molecule has 0 bridgehead atoms. The maximum Gasteiger partial charge on any atom is 0.270 e. The van der Waals surface area contributed by atoms with Gasteiger partial charge in [0.15, 0.2) is 0 Å². The summed E-state index contributed by atoms with van der Waals surface area (Å²) in [5, 5.41) is 7.89. The number of hydrogen-bond donors (Lipinski definition) is 1. The van der Waals surface area contributed by atoms with E-state index in [-0.39, 0.29) is 11.9 Å². The Morgan fingerprint density at radius 3 is 2.90 bits per heavy atom. The molecular formula is C14H17N3OS2. The summed E-state index contributed by atoms with van der Waals surface area (Å²) in [6.07, 6.45) is 2.04. The Morgan fingerprint density at radius 1 is 1.40 bits per heavy atom. The largest absolute Gasteiger partial charge is 0.348 e. The first kappa shape index (κ1) is 13.7. The van der Waals surface area contributed by atoms with Crippen molar-refractivity contribution >= 4 is 28.6 Å². The van der Waals surface area contributed by atoms with E-state index in [0.717, 1.165) is 35.8 Å². The molecule has 0 saturated carbocycles. The number of nitrogens with one attached hydrogen (secondary N) is 1. The molecule has 1 aliphatic heterocycles. The number of thiazole rings is 1. The Balaban J connectivity index is 1.63. The van der Waals surface area contributed by atoms with Crippen LogP contribution >= 0.6 is 22.7 Å². The van der Waals surface area contributed by atoms with E-state index in [1.807, 2.05) is 22.9 Å². The number of carbonyl (C=O) groups excluding carboxylic acids is 1. The first-order valence-corrected chi connectivity index (χ1v) is 8.47. The molecule has 3 heterocycles. The highest BCUT2D eigenvalue weighted by Crippen LogP contribution is 2.27. The Hall–Kier alpha value is -1.24. The summed E-state index contributed by atoms with van der Waals surface area (Å²) in [6.45, 7) is 2.09. The molecule has 6 heteroatoms. The summed E-state index contributed by atoms with van der Waals surface area (Å²) in [6, 6.07) is 4.31. The van der Waals surface area contributed by atoms with Crippen molar-refractivity contribution in [2.24, 2.45) is 0 Å². The minimum Gasteiger partial charge on any atom is -0.348 e. The molecule has 20 heavy (non-hydrogen) atoms. The molecule has 1 N–H and O–H groups in total. The van der Waals surface area contributed by atoms with Crippen LogP contribution in [0.5, 0.6) is 0 Å². The average Bonchev–Trinajstić information content (AvgIpc) is 3.11. The van der Waals surface area contributed by atoms with Gasteiger partial charge in [0, 0.05) is 11.4 Å². The van der Waals surface area contributed by atoms with Crippen LogP contribution in [-0.2, 0) is 0 Å². The first-order chi connectivity index (χ1) is 9.72. The third-order valence-corrected chi connectivity index (χ3v) is 5.40. The molecule has 1 aliphatic rings. The molecule has 3 rings (SSSR count). The van der Waals surface area contributed by atoms with Gasteiger partial charge in [-0.25, -0.2) is 4.98 Å². The minimum atomic E-state index is -0.0430. The van der Waals surface area contributed by atoms with Crippen LogP contribution in [0.4, 0.5) is 0 Å². The summed E-state index contributed by atoms with van der Waals surface area (Å²) in [5.74, 6) is -0.0430. The van der Waals surface area contributed by atoms with Crippen LogP contribution in [0.25, 0.3) is 9.88 Å².